The van der Waals surface area contributed by atoms with Crippen LogP contribution < -0.4 is 20.1 Å². The topological polar surface area (TPSA) is 94.5 Å². The number of rotatable bonds is 6. The summed E-state index contributed by atoms with van der Waals surface area (Å²) in [7, 11) is 0. The van der Waals surface area contributed by atoms with Gasteiger partial charge in [-0.2, -0.15) is 9.78 Å². The normalized spacial score (nSPS) is 12.0. The minimum Gasteiger partial charge on any atom is -0.454 e. The maximum absolute atomic E-state index is 12.3. The second-order valence-corrected chi connectivity index (χ2v) is 5.61. The molecule has 8 nitrogen and oxygen atoms in total. The fourth-order valence-corrected chi connectivity index (χ4v) is 2.38. The number of ether oxygens (including phenoxy) is 2. The van der Waals surface area contributed by atoms with Gasteiger partial charge in [0.2, 0.25) is 6.79 Å². The predicted octanol–water partition coefficient (Wildman–Crippen LogP) is 2.61. The monoisotopic (exact) mass is 344 g/mol. The van der Waals surface area contributed by atoms with Crippen molar-refractivity contribution in [1.82, 2.24) is 15.1 Å². The van der Waals surface area contributed by atoms with Gasteiger partial charge >= 0.3 is 6.03 Å². The van der Waals surface area contributed by atoms with E-state index >= 15 is 0 Å². The molecule has 132 valence electrons. The van der Waals surface area contributed by atoms with E-state index in [1.165, 1.54) is 12.3 Å². The van der Waals surface area contributed by atoms with E-state index in [4.69, 9.17) is 9.47 Å². The van der Waals surface area contributed by atoms with Crippen LogP contribution in [0.5, 0.6) is 11.5 Å². The average Bonchev–Trinajstić information content (AvgIpc) is 3.27. The molecule has 0 aliphatic carbocycles. The van der Waals surface area contributed by atoms with Crippen LogP contribution >= 0.6 is 0 Å². The number of carbonyl (C=O) groups excluding carboxylic acids is 2. The largest absolute Gasteiger partial charge is 0.454 e. The van der Waals surface area contributed by atoms with Crippen LogP contribution in [0.4, 0.5) is 10.5 Å². The molecule has 25 heavy (non-hydrogen) atoms. The van der Waals surface area contributed by atoms with Gasteiger partial charge in [-0.3, -0.25) is 4.79 Å². The van der Waals surface area contributed by atoms with Gasteiger partial charge in [0.05, 0.1) is 0 Å². The summed E-state index contributed by atoms with van der Waals surface area (Å²) >= 11 is 0. The Bertz CT molecular complexity index is 772. The molecular formula is C17H20N4O4. The number of anilines is 1. The minimum absolute atomic E-state index is 0.154. The number of hydrogen-bond acceptors (Lipinski definition) is 5. The smallest absolute Gasteiger partial charge is 0.342 e. The van der Waals surface area contributed by atoms with Crippen molar-refractivity contribution in [3.63, 3.8) is 0 Å². The molecule has 0 atom stereocenters. The maximum Gasteiger partial charge on any atom is 0.342 e. The molecule has 1 aromatic carbocycles. The molecule has 0 spiro atoms. The van der Waals surface area contributed by atoms with Crippen LogP contribution in [0.15, 0.2) is 30.5 Å². The zero-order valence-electron chi connectivity index (χ0n) is 13.9. The van der Waals surface area contributed by atoms with Gasteiger partial charge in [0.1, 0.15) is 0 Å². The molecule has 1 aromatic heterocycles. The zero-order valence-corrected chi connectivity index (χ0v) is 13.9. The summed E-state index contributed by atoms with van der Waals surface area (Å²) in [6.45, 7) is 2.86. The Kier molecular flexibility index (Phi) is 5.17. The molecule has 0 saturated carbocycles. The first kappa shape index (κ1) is 16.8. The van der Waals surface area contributed by atoms with E-state index in [0.29, 0.717) is 23.7 Å². The Morgan fingerprint density at radius 1 is 1.20 bits per heavy atom. The average molecular weight is 344 g/mol. The van der Waals surface area contributed by atoms with Gasteiger partial charge in [-0.25, -0.2) is 4.79 Å². The molecule has 0 unspecified atom stereocenters. The number of benzene rings is 1. The first-order valence-corrected chi connectivity index (χ1v) is 8.22. The summed E-state index contributed by atoms with van der Waals surface area (Å²) in [4.78, 5) is 24.2. The van der Waals surface area contributed by atoms with E-state index in [1.807, 2.05) is 0 Å². The van der Waals surface area contributed by atoms with E-state index in [2.05, 4.69) is 22.7 Å². The summed E-state index contributed by atoms with van der Waals surface area (Å²) in [5.41, 5.74) is 0.717. The van der Waals surface area contributed by atoms with Crippen LogP contribution in [0.2, 0.25) is 0 Å². The summed E-state index contributed by atoms with van der Waals surface area (Å²) in [6.07, 6.45) is 4.52. The van der Waals surface area contributed by atoms with Crippen molar-refractivity contribution in [2.75, 3.05) is 18.7 Å². The van der Waals surface area contributed by atoms with Gasteiger partial charge in [-0.15, -0.1) is 0 Å². The molecule has 2 heterocycles. The molecule has 8 heteroatoms. The zero-order chi connectivity index (χ0) is 17.6. The number of unbranched alkanes of at least 4 members (excludes halogenated alkanes) is 2. The lowest BCUT2D eigenvalue weighted by Gasteiger charge is -2.05. The molecule has 0 radical (unpaired) electrons. The third-order valence-corrected chi connectivity index (χ3v) is 3.72. The van der Waals surface area contributed by atoms with Gasteiger partial charge in [-0.1, -0.05) is 19.8 Å². The van der Waals surface area contributed by atoms with Crippen molar-refractivity contribution < 1.29 is 19.1 Å². The predicted molar refractivity (Wildman–Crippen MR) is 91.1 cm³/mol. The van der Waals surface area contributed by atoms with Gasteiger partial charge in [0.25, 0.3) is 5.91 Å². The Morgan fingerprint density at radius 3 is 2.88 bits per heavy atom. The van der Waals surface area contributed by atoms with E-state index in [-0.39, 0.29) is 18.5 Å². The van der Waals surface area contributed by atoms with Crippen LogP contribution in [0.1, 0.15) is 36.7 Å². The van der Waals surface area contributed by atoms with Gasteiger partial charge in [0, 0.05) is 24.5 Å². The highest BCUT2D eigenvalue weighted by molar-refractivity contribution is 6.03. The molecular weight excluding hydrogens is 324 g/mol. The second-order valence-electron chi connectivity index (χ2n) is 5.61. The lowest BCUT2D eigenvalue weighted by Crippen LogP contribution is -2.30. The van der Waals surface area contributed by atoms with Crippen molar-refractivity contribution >= 4 is 17.6 Å². The Hall–Kier alpha value is -3.03. The second kappa shape index (κ2) is 7.69. The standard InChI is InChI=1S/C17H20N4O4/c1-2-3-4-8-18-17(23)21-9-7-13(20-21)16(22)19-12-5-6-14-15(10-12)25-11-24-14/h5-7,9-10H,2-4,8,11H2,1H3,(H,18,23)(H,19,22). The lowest BCUT2D eigenvalue weighted by atomic mass is 10.2. The molecule has 0 saturated heterocycles. The van der Waals surface area contributed by atoms with Crippen molar-refractivity contribution in [2.24, 2.45) is 0 Å². The number of aromatic nitrogens is 2. The highest BCUT2D eigenvalue weighted by Crippen LogP contribution is 2.34. The van der Waals surface area contributed by atoms with Crippen molar-refractivity contribution in [3.8, 4) is 11.5 Å². The van der Waals surface area contributed by atoms with Gasteiger partial charge in [0.15, 0.2) is 17.2 Å². The number of hydrogen-bond donors (Lipinski definition) is 2. The van der Waals surface area contributed by atoms with E-state index in [0.717, 1.165) is 23.9 Å². The number of amides is 2. The molecule has 2 aromatic rings. The first-order valence-electron chi connectivity index (χ1n) is 8.22. The number of carbonyl (C=O) groups is 2. The maximum atomic E-state index is 12.3. The van der Waals surface area contributed by atoms with Crippen LogP contribution in [0, 0.1) is 0 Å². The van der Waals surface area contributed by atoms with Crippen molar-refractivity contribution in [3.05, 3.63) is 36.2 Å². The highest BCUT2D eigenvalue weighted by Gasteiger charge is 2.16. The number of nitrogens with one attached hydrogen (secondary N) is 2. The molecule has 2 N–H and O–H groups in total. The van der Waals surface area contributed by atoms with Crippen LogP contribution in [-0.4, -0.2) is 35.1 Å². The Morgan fingerprint density at radius 2 is 2.04 bits per heavy atom. The number of nitrogens with zero attached hydrogens (tertiary/aromatic N) is 2. The SMILES string of the molecule is CCCCCNC(=O)n1ccc(C(=O)Nc2ccc3c(c2)OCO3)n1. The van der Waals surface area contributed by atoms with E-state index in [9.17, 15) is 9.59 Å². The van der Waals surface area contributed by atoms with E-state index < -0.39 is 5.91 Å². The molecule has 1 aliphatic heterocycles. The summed E-state index contributed by atoms with van der Waals surface area (Å²) in [5, 5.41) is 9.50. The van der Waals surface area contributed by atoms with Crippen molar-refractivity contribution in [1.29, 1.82) is 0 Å². The van der Waals surface area contributed by atoms with Crippen LogP contribution in [0.3, 0.4) is 0 Å². The third-order valence-electron chi connectivity index (χ3n) is 3.72. The summed E-state index contributed by atoms with van der Waals surface area (Å²) < 4.78 is 11.6. The Labute approximate surface area is 145 Å². The van der Waals surface area contributed by atoms with E-state index in [1.54, 1.807) is 18.2 Å². The molecule has 1 aliphatic rings. The van der Waals surface area contributed by atoms with Gasteiger partial charge < -0.3 is 20.1 Å². The summed E-state index contributed by atoms with van der Waals surface area (Å²) in [5.74, 6) is 0.813. The molecule has 0 fully saturated rings. The fraction of sp³-hybridized carbons (Fsp3) is 0.353. The molecule has 0 bridgehead atoms. The Balaban J connectivity index is 1.58. The molecule has 2 amide bonds. The van der Waals surface area contributed by atoms with Crippen molar-refractivity contribution in [2.45, 2.75) is 26.2 Å². The fourth-order valence-electron chi connectivity index (χ4n) is 2.38. The summed E-state index contributed by atoms with van der Waals surface area (Å²) in [6, 6.07) is 6.26. The van der Waals surface area contributed by atoms with Gasteiger partial charge in [-0.05, 0) is 24.6 Å². The quantitative estimate of drug-likeness (QED) is 0.786. The first-order chi connectivity index (χ1) is 12.2. The van der Waals surface area contributed by atoms with Crippen LogP contribution in [0.25, 0.3) is 0 Å². The molecule has 3 rings (SSSR count). The lowest BCUT2D eigenvalue weighted by molar-refractivity contribution is 0.102. The van der Waals surface area contributed by atoms with Crippen LogP contribution in [-0.2, 0) is 0 Å². The highest BCUT2D eigenvalue weighted by atomic mass is 16.7. The number of fused-ring (bicyclic) bond motifs is 1. The minimum atomic E-state index is -0.406. The third kappa shape index (κ3) is 4.09.